The van der Waals surface area contributed by atoms with E-state index < -0.39 is 0 Å². The molecule has 100 valence electrons. The third-order valence-corrected chi connectivity index (χ3v) is 4.88. The lowest BCUT2D eigenvalue weighted by Gasteiger charge is -2.42. The van der Waals surface area contributed by atoms with E-state index in [1.807, 2.05) is 0 Å². The summed E-state index contributed by atoms with van der Waals surface area (Å²) in [5.74, 6) is 1.44. The van der Waals surface area contributed by atoms with Gasteiger partial charge in [-0.25, -0.2) is 0 Å². The predicted octanol–water partition coefficient (Wildman–Crippen LogP) is 4.39. The molecule has 0 aromatic heterocycles. The number of nitrogens with two attached hydrogens (primary N) is 1. The minimum atomic E-state index is -0.172. The highest BCUT2D eigenvalue weighted by atomic mass is 14.8. The van der Waals surface area contributed by atoms with Gasteiger partial charge in [0.1, 0.15) is 0 Å². The van der Waals surface area contributed by atoms with E-state index in [2.05, 4.69) is 45.0 Å². The van der Waals surface area contributed by atoms with Crippen LogP contribution in [0.3, 0.4) is 0 Å². The molecule has 18 heavy (non-hydrogen) atoms. The summed E-state index contributed by atoms with van der Waals surface area (Å²) < 4.78 is 0. The summed E-state index contributed by atoms with van der Waals surface area (Å²) in [6, 6.07) is 8.81. The average molecular weight is 245 g/mol. The molecular weight excluding hydrogens is 218 g/mol. The standard InChI is InChI=1S/C17H27N/c1-4-14-7-5-6-8-16(14)17(3,18)15-11-9-13(2)10-12-15/h9-12,14,16H,4-8,18H2,1-3H3. The minimum absolute atomic E-state index is 0.172. The van der Waals surface area contributed by atoms with E-state index >= 15 is 0 Å². The summed E-state index contributed by atoms with van der Waals surface area (Å²) >= 11 is 0. The van der Waals surface area contributed by atoms with Gasteiger partial charge >= 0.3 is 0 Å². The van der Waals surface area contributed by atoms with E-state index in [9.17, 15) is 0 Å². The van der Waals surface area contributed by atoms with Crippen molar-refractivity contribution >= 4 is 0 Å². The van der Waals surface area contributed by atoms with Gasteiger partial charge < -0.3 is 5.73 Å². The Bertz CT molecular complexity index is 377. The molecule has 1 aliphatic rings. The van der Waals surface area contributed by atoms with Crippen molar-refractivity contribution in [1.82, 2.24) is 0 Å². The maximum absolute atomic E-state index is 6.73. The van der Waals surface area contributed by atoms with E-state index in [0.29, 0.717) is 5.92 Å². The molecule has 1 saturated carbocycles. The molecule has 1 aliphatic carbocycles. The summed E-state index contributed by atoms with van der Waals surface area (Å²) in [6.07, 6.45) is 6.65. The fraction of sp³-hybridized carbons (Fsp3) is 0.647. The molecule has 0 spiro atoms. The molecule has 2 rings (SSSR count). The molecular formula is C17H27N. The normalized spacial score (nSPS) is 27.8. The number of hydrogen-bond donors (Lipinski definition) is 1. The molecule has 3 unspecified atom stereocenters. The van der Waals surface area contributed by atoms with E-state index in [0.717, 1.165) is 5.92 Å². The second kappa shape index (κ2) is 5.44. The molecule has 0 saturated heterocycles. The lowest BCUT2D eigenvalue weighted by atomic mass is 9.66. The van der Waals surface area contributed by atoms with Gasteiger partial charge in [-0.2, -0.15) is 0 Å². The quantitative estimate of drug-likeness (QED) is 0.840. The van der Waals surface area contributed by atoms with Crippen LogP contribution in [0.25, 0.3) is 0 Å². The van der Waals surface area contributed by atoms with E-state index in [-0.39, 0.29) is 5.54 Å². The lowest BCUT2D eigenvalue weighted by Crippen LogP contribution is -2.45. The molecule has 1 aromatic rings. The Morgan fingerprint density at radius 1 is 1.17 bits per heavy atom. The first-order valence-electron chi connectivity index (χ1n) is 7.41. The van der Waals surface area contributed by atoms with Gasteiger partial charge in [0.25, 0.3) is 0 Å². The Labute approximate surface area is 112 Å². The molecule has 1 aromatic carbocycles. The Kier molecular flexibility index (Phi) is 4.11. The SMILES string of the molecule is CCC1CCCCC1C(C)(N)c1ccc(C)cc1. The highest BCUT2D eigenvalue weighted by Gasteiger charge is 2.37. The maximum Gasteiger partial charge on any atom is 0.0412 e. The van der Waals surface area contributed by atoms with Gasteiger partial charge in [0, 0.05) is 5.54 Å². The highest BCUT2D eigenvalue weighted by molar-refractivity contribution is 5.28. The van der Waals surface area contributed by atoms with Crippen molar-refractivity contribution in [2.24, 2.45) is 17.6 Å². The van der Waals surface area contributed by atoms with Gasteiger partial charge in [0.15, 0.2) is 0 Å². The third kappa shape index (κ3) is 2.61. The average Bonchev–Trinajstić information content (AvgIpc) is 2.39. The summed E-state index contributed by atoms with van der Waals surface area (Å²) in [5.41, 5.74) is 9.17. The molecule has 0 amide bonds. The zero-order chi connectivity index (χ0) is 13.2. The molecule has 0 bridgehead atoms. The third-order valence-electron chi connectivity index (χ3n) is 4.88. The summed E-state index contributed by atoms with van der Waals surface area (Å²) in [7, 11) is 0. The van der Waals surface area contributed by atoms with Crippen LogP contribution < -0.4 is 5.73 Å². The Morgan fingerprint density at radius 3 is 2.39 bits per heavy atom. The molecule has 3 atom stereocenters. The van der Waals surface area contributed by atoms with Crippen LogP contribution in [0.5, 0.6) is 0 Å². The van der Waals surface area contributed by atoms with Crippen LogP contribution >= 0.6 is 0 Å². The van der Waals surface area contributed by atoms with Crippen LogP contribution in [0.15, 0.2) is 24.3 Å². The number of benzene rings is 1. The Morgan fingerprint density at radius 2 is 1.78 bits per heavy atom. The summed E-state index contributed by atoms with van der Waals surface area (Å²) in [6.45, 7) is 6.68. The lowest BCUT2D eigenvalue weighted by molar-refractivity contribution is 0.138. The molecule has 0 aliphatic heterocycles. The van der Waals surface area contributed by atoms with Crippen molar-refractivity contribution in [1.29, 1.82) is 0 Å². The zero-order valence-corrected chi connectivity index (χ0v) is 12.1. The molecule has 1 heteroatoms. The number of aryl methyl sites for hydroxylation is 1. The molecule has 0 heterocycles. The van der Waals surface area contributed by atoms with Gasteiger partial charge in [0.2, 0.25) is 0 Å². The van der Waals surface area contributed by atoms with Crippen molar-refractivity contribution in [3.8, 4) is 0 Å². The molecule has 2 N–H and O–H groups in total. The second-order valence-corrected chi connectivity index (χ2v) is 6.21. The largest absolute Gasteiger partial charge is 0.321 e. The van der Waals surface area contributed by atoms with Gasteiger partial charge in [-0.05, 0) is 37.7 Å². The first-order chi connectivity index (χ1) is 8.55. The zero-order valence-electron chi connectivity index (χ0n) is 12.1. The predicted molar refractivity (Wildman–Crippen MR) is 78.5 cm³/mol. The highest BCUT2D eigenvalue weighted by Crippen LogP contribution is 2.42. The molecule has 0 radical (unpaired) electrons. The first-order valence-corrected chi connectivity index (χ1v) is 7.41. The van der Waals surface area contributed by atoms with E-state index in [1.54, 1.807) is 0 Å². The van der Waals surface area contributed by atoms with Crippen LogP contribution in [-0.2, 0) is 5.54 Å². The first kappa shape index (κ1) is 13.6. The van der Waals surface area contributed by atoms with Crippen LogP contribution in [0, 0.1) is 18.8 Å². The number of hydrogen-bond acceptors (Lipinski definition) is 1. The Hall–Kier alpha value is -0.820. The van der Waals surface area contributed by atoms with Crippen molar-refractivity contribution in [2.75, 3.05) is 0 Å². The summed E-state index contributed by atoms with van der Waals surface area (Å²) in [4.78, 5) is 0. The maximum atomic E-state index is 6.73. The molecule has 1 nitrogen and oxygen atoms in total. The monoisotopic (exact) mass is 245 g/mol. The van der Waals surface area contributed by atoms with Gasteiger partial charge in [-0.15, -0.1) is 0 Å². The van der Waals surface area contributed by atoms with Gasteiger partial charge in [-0.1, -0.05) is 62.4 Å². The van der Waals surface area contributed by atoms with Crippen LogP contribution in [-0.4, -0.2) is 0 Å². The summed E-state index contributed by atoms with van der Waals surface area (Å²) in [5, 5.41) is 0. The fourth-order valence-corrected chi connectivity index (χ4v) is 3.61. The second-order valence-electron chi connectivity index (χ2n) is 6.21. The van der Waals surface area contributed by atoms with Crippen molar-refractivity contribution in [3.63, 3.8) is 0 Å². The van der Waals surface area contributed by atoms with Gasteiger partial charge in [-0.3, -0.25) is 0 Å². The topological polar surface area (TPSA) is 26.0 Å². The van der Waals surface area contributed by atoms with Crippen LogP contribution in [0.1, 0.15) is 57.1 Å². The van der Waals surface area contributed by atoms with E-state index in [1.165, 1.54) is 43.2 Å². The molecule has 1 fully saturated rings. The Balaban J connectivity index is 2.25. The fourth-order valence-electron chi connectivity index (χ4n) is 3.61. The van der Waals surface area contributed by atoms with Crippen molar-refractivity contribution in [3.05, 3.63) is 35.4 Å². The van der Waals surface area contributed by atoms with Crippen LogP contribution in [0.4, 0.5) is 0 Å². The number of rotatable bonds is 3. The minimum Gasteiger partial charge on any atom is -0.321 e. The van der Waals surface area contributed by atoms with E-state index in [4.69, 9.17) is 5.73 Å². The van der Waals surface area contributed by atoms with Gasteiger partial charge in [0.05, 0.1) is 0 Å². The smallest absolute Gasteiger partial charge is 0.0412 e. The van der Waals surface area contributed by atoms with Crippen LogP contribution in [0.2, 0.25) is 0 Å². The van der Waals surface area contributed by atoms with Crippen molar-refractivity contribution in [2.45, 2.75) is 58.4 Å². The van der Waals surface area contributed by atoms with Crippen molar-refractivity contribution < 1.29 is 0 Å².